The third kappa shape index (κ3) is 3.50. The van der Waals surface area contributed by atoms with E-state index in [4.69, 9.17) is 0 Å². The lowest BCUT2D eigenvalue weighted by molar-refractivity contribution is -0.140. The van der Waals surface area contributed by atoms with Gasteiger partial charge in [-0.05, 0) is 37.0 Å². The molecule has 1 aliphatic rings. The topological polar surface area (TPSA) is 38.3 Å². The fraction of sp³-hybridized carbons (Fsp3) is 0.500. The van der Waals surface area contributed by atoms with Crippen molar-refractivity contribution in [2.24, 2.45) is 0 Å². The van der Waals surface area contributed by atoms with E-state index in [0.29, 0.717) is 12.8 Å². The second kappa shape index (κ2) is 6.10. The molecule has 0 unspecified atom stereocenters. The summed E-state index contributed by atoms with van der Waals surface area (Å²) in [6, 6.07) is 4.22. The molecule has 104 valence electrons. The summed E-state index contributed by atoms with van der Waals surface area (Å²) in [5.41, 5.74) is 0.750. The molecule has 1 aromatic rings. The van der Waals surface area contributed by atoms with Crippen molar-refractivity contribution in [2.45, 2.75) is 37.8 Å². The highest BCUT2D eigenvalue weighted by Gasteiger charge is 2.25. The zero-order valence-electron chi connectivity index (χ0n) is 10.8. The van der Waals surface area contributed by atoms with Crippen LogP contribution in [0, 0.1) is 11.6 Å². The van der Waals surface area contributed by atoms with Gasteiger partial charge >= 0.3 is 5.97 Å². The largest absolute Gasteiger partial charge is 0.469 e. The molecule has 5 heteroatoms. The summed E-state index contributed by atoms with van der Waals surface area (Å²) in [5.74, 6) is -1.88. The molecule has 0 aromatic heterocycles. The number of nitrogens with one attached hydrogen (secondary N) is 1. The Labute approximate surface area is 111 Å². The van der Waals surface area contributed by atoms with Gasteiger partial charge in [0.2, 0.25) is 0 Å². The number of ether oxygens (including phenoxy) is 1. The number of benzene rings is 1. The molecule has 0 radical (unpaired) electrons. The van der Waals surface area contributed by atoms with Crippen molar-refractivity contribution in [1.29, 1.82) is 0 Å². The maximum Gasteiger partial charge on any atom is 0.305 e. The van der Waals surface area contributed by atoms with Crippen molar-refractivity contribution < 1.29 is 18.3 Å². The number of rotatable bonds is 4. The first-order chi connectivity index (χ1) is 9.10. The summed E-state index contributed by atoms with van der Waals surface area (Å²) in [5, 5.41) is 3.34. The molecule has 0 amide bonds. The third-order valence-corrected chi connectivity index (χ3v) is 3.51. The summed E-state index contributed by atoms with van der Waals surface area (Å²) in [6.45, 7) is 0. The molecule has 1 fully saturated rings. The van der Waals surface area contributed by atoms with Crippen LogP contribution in [0.1, 0.15) is 37.3 Å². The lowest BCUT2D eigenvalue weighted by atomic mass is 10.0. The van der Waals surface area contributed by atoms with Gasteiger partial charge in [-0.3, -0.25) is 4.79 Å². The zero-order valence-corrected chi connectivity index (χ0v) is 10.8. The van der Waals surface area contributed by atoms with Crippen LogP contribution < -0.4 is 5.32 Å². The van der Waals surface area contributed by atoms with Crippen molar-refractivity contribution in [3.63, 3.8) is 0 Å². The van der Waals surface area contributed by atoms with Gasteiger partial charge in [-0.15, -0.1) is 0 Å². The molecule has 2 rings (SSSR count). The summed E-state index contributed by atoms with van der Waals surface area (Å²) < 4.78 is 30.6. The molecule has 1 N–H and O–H groups in total. The minimum absolute atomic E-state index is 0.0257. The molecule has 19 heavy (non-hydrogen) atoms. The molecule has 0 bridgehead atoms. The smallest absolute Gasteiger partial charge is 0.305 e. The molecule has 1 aliphatic heterocycles. The summed E-state index contributed by atoms with van der Waals surface area (Å²) in [7, 11) is 1.37. The van der Waals surface area contributed by atoms with Crippen molar-refractivity contribution in [3.8, 4) is 0 Å². The van der Waals surface area contributed by atoms with Crippen LogP contribution in [-0.4, -0.2) is 19.1 Å². The second-order valence-electron chi connectivity index (χ2n) is 4.78. The van der Waals surface area contributed by atoms with Crippen molar-refractivity contribution in [3.05, 3.63) is 35.4 Å². The Morgan fingerprint density at radius 2 is 2.16 bits per heavy atom. The lowest BCUT2D eigenvalue weighted by Crippen LogP contribution is -2.25. The number of methoxy groups -OCH3 is 1. The van der Waals surface area contributed by atoms with Gasteiger partial charge in [0.05, 0.1) is 7.11 Å². The Morgan fingerprint density at radius 3 is 2.84 bits per heavy atom. The predicted octanol–water partition coefficient (Wildman–Crippen LogP) is 2.71. The Balaban J connectivity index is 1.90. The van der Waals surface area contributed by atoms with Crippen molar-refractivity contribution in [1.82, 2.24) is 5.32 Å². The van der Waals surface area contributed by atoms with Gasteiger partial charge in [-0.25, -0.2) is 8.78 Å². The first-order valence-electron chi connectivity index (χ1n) is 6.38. The predicted molar refractivity (Wildman–Crippen MR) is 66.5 cm³/mol. The summed E-state index contributed by atoms with van der Waals surface area (Å²) in [4.78, 5) is 11.1. The van der Waals surface area contributed by atoms with E-state index in [0.717, 1.165) is 24.5 Å². The molecule has 0 saturated carbocycles. The molecular formula is C14H17F2NO2. The average Bonchev–Trinajstić information content (AvgIpc) is 2.88. The van der Waals surface area contributed by atoms with Crippen LogP contribution in [0.4, 0.5) is 8.78 Å². The highest BCUT2D eigenvalue weighted by Crippen LogP contribution is 2.29. The van der Waals surface area contributed by atoms with E-state index >= 15 is 0 Å². The van der Waals surface area contributed by atoms with E-state index in [1.165, 1.54) is 13.2 Å². The number of carbonyl (C=O) groups is 1. The van der Waals surface area contributed by atoms with Crippen molar-refractivity contribution >= 4 is 5.97 Å². The van der Waals surface area contributed by atoms with Crippen LogP contribution in [0.15, 0.2) is 18.2 Å². The van der Waals surface area contributed by atoms with Gasteiger partial charge in [0.25, 0.3) is 0 Å². The summed E-state index contributed by atoms with van der Waals surface area (Å²) >= 11 is 0. The fourth-order valence-electron chi connectivity index (χ4n) is 2.43. The highest BCUT2D eigenvalue weighted by molar-refractivity contribution is 5.69. The van der Waals surface area contributed by atoms with Gasteiger partial charge < -0.3 is 10.1 Å². The van der Waals surface area contributed by atoms with Crippen LogP contribution in [0.3, 0.4) is 0 Å². The Bertz CT molecular complexity index is 465. The van der Waals surface area contributed by atoms with Crippen LogP contribution in [0.25, 0.3) is 0 Å². The SMILES string of the molecule is COC(=O)CC[C@@H]1CC[C@H](c2ccc(F)c(F)c2)N1. The fourth-order valence-corrected chi connectivity index (χ4v) is 2.43. The van der Waals surface area contributed by atoms with Gasteiger partial charge in [0, 0.05) is 18.5 Å². The van der Waals surface area contributed by atoms with Crippen LogP contribution in [0.5, 0.6) is 0 Å². The second-order valence-corrected chi connectivity index (χ2v) is 4.78. The Kier molecular flexibility index (Phi) is 4.47. The standard InChI is InChI=1S/C14H17F2NO2/c1-19-14(18)7-4-10-3-6-13(17-10)9-2-5-11(15)12(16)8-9/h2,5,8,10,13,17H,3-4,6-7H2,1H3/t10-,13+/m0/s1. The minimum atomic E-state index is -0.830. The third-order valence-electron chi connectivity index (χ3n) is 3.51. The maximum absolute atomic E-state index is 13.2. The lowest BCUT2D eigenvalue weighted by Gasteiger charge is -2.14. The van der Waals surface area contributed by atoms with E-state index in [1.807, 2.05) is 0 Å². The van der Waals surface area contributed by atoms with Crippen molar-refractivity contribution in [2.75, 3.05) is 7.11 Å². The van der Waals surface area contributed by atoms with E-state index in [1.54, 1.807) is 6.07 Å². The first-order valence-corrected chi connectivity index (χ1v) is 6.38. The molecule has 3 nitrogen and oxygen atoms in total. The minimum Gasteiger partial charge on any atom is -0.469 e. The molecule has 1 saturated heterocycles. The van der Waals surface area contributed by atoms with Gasteiger partial charge in [-0.1, -0.05) is 6.07 Å². The number of hydrogen-bond acceptors (Lipinski definition) is 3. The van der Waals surface area contributed by atoms with Gasteiger partial charge in [0.15, 0.2) is 11.6 Å². The molecule has 0 spiro atoms. The number of esters is 1. The number of hydrogen-bond donors (Lipinski definition) is 1. The normalized spacial score (nSPS) is 22.5. The van der Waals surface area contributed by atoms with Crippen LogP contribution >= 0.6 is 0 Å². The average molecular weight is 269 g/mol. The monoisotopic (exact) mass is 269 g/mol. The number of carbonyl (C=O) groups excluding carboxylic acids is 1. The quantitative estimate of drug-likeness (QED) is 0.854. The van der Waals surface area contributed by atoms with Gasteiger partial charge in [-0.2, -0.15) is 0 Å². The van der Waals surface area contributed by atoms with Gasteiger partial charge in [0.1, 0.15) is 0 Å². The molecule has 0 aliphatic carbocycles. The Morgan fingerprint density at radius 1 is 1.37 bits per heavy atom. The zero-order chi connectivity index (χ0) is 13.8. The van der Waals surface area contributed by atoms with E-state index in [2.05, 4.69) is 10.1 Å². The van der Waals surface area contributed by atoms with E-state index < -0.39 is 11.6 Å². The number of halogens is 2. The van der Waals surface area contributed by atoms with E-state index in [9.17, 15) is 13.6 Å². The van der Waals surface area contributed by atoms with Crippen LogP contribution in [-0.2, 0) is 9.53 Å². The molecular weight excluding hydrogens is 252 g/mol. The highest BCUT2D eigenvalue weighted by atomic mass is 19.2. The molecule has 1 heterocycles. The molecule has 2 atom stereocenters. The van der Waals surface area contributed by atoms with Crippen LogP contribution in [0.2, 0.25) is 0 Å². The Hall–Kier alpha value is -1.49. The first kappa shape index (κ1) is 13.9. The maximum atomic E-state index is 13.2. The van der Waals surface area contributed by atoms with E-state index in [-0.39, 0.29) is 18.1 Å². The summed E-state index contributed by atoms with van der Waals surface area (Å²) in [6.07, 6.45) is 2.85. The molecule has 1 aromatic carbocycles.